The van der Waals surface area contributed by atoms with E-state index in [1.54, 1.807) is 21.0 Å². The van der Waals surface area contributed by atoms with Gasteiger partial charge >= 0.3 is 5.97 Å². The lowest BCUT2D eigenvalue weighted by molar-refractivity contribution is -0.148. The molecule has 3 rings (SSSR count). The number of piperidine rings is 1. The summed E-state index contributed by atoms with van der Waals surface area (Å²) in [5.74, 6) is 0.384. The lowest BCUT2D eigenvalue weighted by Crippen LogP contribution is -2.42. The molecule has 144 valence electrons. The lowest BCUT2D eigenvalue weighted by Gasteiger charge is -2.35. The summed E-state index contributed by atoms with van der Waals surface area (Å²) in [6, 6.07) is 5.73. The molecule has 26 heavy (non-hydrogen) atoms. The first-order valence-corrected chi connectivity index (χ1v) is 9.30. The largest absolute Gasteiger partial charge is 0.497 e. The van der Waals surface area contributed by atoms with Gasteiger partial charge in [0.05, 0.1) is 18.2 Å². The number of carbonyl (C=O) groups is 1. The van der Waals surface area contributed by atoms with E-state index in [4.69, 9.17) is 9.26 Å². The maximum absolute atomic E-state index is 11.3. The first-order valence-electron chi connectivity index (χ1n) is 9.30. The number of ether oxygens (including phenoxy) is 1. The molecule has 1 saturated heterocycles. The molecule has 0 unspecified atom stereocenters. The second kappa shape index (κ2) is 8.54. The second-order valence-electron chi connectivity index (χ2n) is 7.17. The van der Waals surface area contributed by atoms with Gasteiger partial charge in [0.15, 0.2) is 5.58 Å². The van der Waals surface area contributed by atoms with Crippen LogP contribution in [0.15, 0.2) is 22.7 Å². The Morgan fingerprint density at radius 3 is 2.58 bits per heavy atom. The molecule has 6 nitrogen and oxygen atoms in total. The van der Waals surface area contributed by atoms with Crippen LogP contribution in [0.4, 0.5) is 0 Å². The van der Waals surface area contributed by atoms with E-state index in [0.717, 1.165) is 48.3 Å². The van der Waals surface area contributed by atoms with Crippen molar-refractivity contribution in [2.75, 3.05) is 26.7 Å². The van der Waals surface area contributed by atoms with E-state index in [2.05, 4.69) is 10.1 Å². The van der Waals surface area contributed by atoms with Gasteiger partial charge in [-0.2, -0.15) is 0 Å². The van der Waals surface area contributed by atoms with Crippen LogP contribution in [0.1, 0.15) is 52.1 Å². The molecule has 1 fully saturated rings. The van der Waals surface area contributed by atoms with Gasteiger partial charge in [-0.1, -0.05) is 19.0 Å². The Morgan fingerprint density at radius 2 is 2.00 bits per heavy atom. The Morgan fingerprint density at radius 1 is 1.35 bits per heavy atom. The number of aromatic nitrogens is 1. The van der Waals surface area contributed by atoms with Gasteiger partial charge in [-0.15, -0.1) is 0 Å². The SMILES string of the molecule is CC.COc1ccc2onc(C3CCN(CC(C)(C)C(=O)O)CC3)c2c1. The predicted molar refractivity (Wildman–Crippen MR) is 102 cm³/mol. The molecule has 0 aliphatic carbocycles. The Labute approximate surface area is 155 Å². The molecule has 0 radical (unpaired) electrons. The summed E-state index contributed by atoms with van der Waals surface area (Å²) in [6.45, 7) is 9.87. The van der Waals surface area contributed by atoms with Crippen LogP contribution in [0.5, 0.6) is 5.75 Å². The van der Waals surface area contributed by atoms with Gasteiger partial charge in [0.25, 0.3) is 0 Å². The maximum atomic E-state index is 11.3. The van der Waals surface area contributed by atoms with Gasteiger partial charge in [0.2, 0.25) is 0 Å². The number of rotatable bonds is 5. The first kappa shape index (κ1) is 20.2. The molecule has 0 spiro atoms. The molecule has 0 saturated carbocycles. The van der Waals surface area contributed by atoms with E-state index in [9.17, 15) is 9.90 Å². The van der Waals surface area contributed by atoms with Crippen molar-refractivity contribution in [2.24, 2.45) is 5.41 Å². The third-order valence-electron chi connectivity index (χ3n) is 4.88. The van der Waals surface area contributed by atoms with Crippen molar-refractivity contribution >= 4 is 16.9 Å². The number of carboxylic acid groups (broad SMARTS) is 1. The average Bonchev–Trinajstić information content (AvgIpc) is 3.06. The number of hydrogen-bond donors (Lipinski definition) is 1. The highest BCUT2D eigenvalue weighted by Crippen LogP contribution is 2.34. The van der Waals surface area contributed by atoms with Gasteiger partial charge in [-0.3, -0.25) is 4.79 Å². The van der Waals surface area contributed by atoms with Crippen LogP contribution >= 0.6 is 0 Å². The minimum atomic E-state index is -0.751. The number of aliphatic carboxylic acids is 1. The van der Waals surface area contributed by atoms with Crippen LogP contribution < -0.4 is 4.74 Å². The first-order chi connectivity index (χ1) is 12.4. The molecule has 1 N–H and O–H groups in total. The van der Waals surface area contributed by atoms with E-state index < -0.39 is 11.4 Å². The van der Waals surface area contributed by atoms with Crippen molar-refractivity contribution in [2.45, 2.75) is 46.5 Å². The van der Waals surface area contributed by atoms with E-state index in [-0.39, 0.29) is 0 Å². The summed E-state index contributed by atoms with van der Waals surface area (Å²) < 4.78 is 10.7. The molecule has 2 heterocycles. The van der Waals surface area contributed by atoms with Crippen LogP contribution in [-0.4, -0.2) is 47.9 Å². The van der Waals surface area contributed by atoms with E-state index in [1.165, 1.54) is 0 Å². The molecule has 0 amide bonds. The Hall–Kier alpha value is -2.08. The molecule has 1 aliphatic rings. The van der Waals surface area contributed by atoms with Crippen molar-refractivity contribution < 1.29 is 19.2 Å². The van der Waals surface area contributed by atoms with E-state index in [0.29, 0.717) is 12.5 Å². The molecule has 0 atom stereocenters. The highest BCUT2D eigenvalue weighted by atomic mass is 16.5. The molecular formula is C20H30N2O4. The number of benzene rings is 1. The fourth-order valence-electron chi connectivity index (χ4n) is 3.35. The highest BCUT2D eigenvalue weighted by molar-refractivity contribution is 5.81. The monoisotopic (exact) mass is 362 g/mol. The third kappa shape index (κ3) is 4.36. The molecule has 1 aromatic heterocycles. The molecule has 2 aromatic rings. The third-order valence-corrected chi connectivity index (χ3v) is 4.88. The van der Waals surface area contributed by atoms with Crippen LogP contribution in [0.25, 0.3) is 11.0 Å². The molecule has 1 aliphatic heterocycles. The Kier molecular flexibility index (Phi) is 6.64. The van der Waals surface area contributed by atoms with Crippen LogP contribution in [0, 0.1) is 5.41 Å². The summed E-state index contributed by atoms with van der Waals surface area (Å²) >= 11 is 0. The smallest absolute Gasteiger partial charge is 0.310 e. The zero-order valence-electron chi connectivity index (χ0n) is 16.4. The van der Waals surface area contributed by atoms with Crippen molar-refractivity contribution in [3.63, 3.8) is 0 Å². The lowest BCUT2D eigenvalue weighted by atomic mass is 9.88. The summed E-state index contributed by atoms with van der Waals surface area (Å²) in [4.78, 5) is 13.5. The summed E-state index contributed by atoms with van der Waals surface area (Å²) in [5.41, 5.74) is 1.04. The van der Waals surface area contributed by atoms with Gasteiger partial charge < -0.3 is 19.3 Å². The number of fused-ring (bicyclic) bond motifs is 1. The Bertz CT molecular complexity index is 730. The summed E-state index contributed by atoms with van der Waals surface area (Å²) in [6.07, 6.45) is 1.91. The van der Waals surface area contributed by atoms with Gasteiger partial charge in [-0.25, -0.2) is 0 Å². The fourth-order valence-corrected chi connectivity index (χ4v) is 3.35. The standard InChI is InChI=1S/C18H24N2O4.C2H6/c1-18(2,17(21)22)11-20-8-6-12(7-9-20)16-14-10-13(23-3)4-5-15(14)24-19-16;1-2/h4-5,10,12H,6-9,11H2,1-3H3,(H,21,22);1-2H3. The number of hydrogen-bond acceptors (Lipinski definition) is 5. The van der Waals surface area contributed by atoms with Crippen LogP contribution in [0.3, 0.4) is 0 Å². The predicted octanol–water partition coefficient (Wildman–Crippen LogP) is 4.15. The number of carboxylic acids is 1. The van der Waals surface area contributed by atoms with Gasteiger partial charge in [0.1, 0.15) is 5.75 Å². The van der Waals surface area contributed by atoms with Crippen LogP contribution in [0.2, 0.25) is 0 Å². The van der Waals surface area contributed by atoms with Crippen molar-refractivity contribution in [3.05, 3.63) is 23.9 Å². The molecular weight excluding hydrogens is 332 g/mol. The zero-order valence-corrected chi connectivity index (χ0v) is 16.4. The second-order valence-corrected chi connectivity index (χ2v) is 7.17. The maximum Gasteiger partial charge on any atom is 0.310 e. The van der Waals surface area contributed by atoms with Crippen LogP contribution in [-0.2, 0) is 4.79 Å². The quantitative estimate of drug-likeness (QED) is 0.861. The number of likely N-dealkylation sites (tertiary alicyclic amines) is 1. The molecule has 6 heteroatoms. The fraction of sp³-hybridized carbons (Fsp3) is 0.600. The molecule has 0 bridgehead atoms. The van der Waals surface area contributed by atoms with E-state index in [1.807, 2.05) is 32.0 Å². The topological polar surface area (TPSA) is 75.8 Å². The van der Waals surface area contributed by atoms with E-state index >= 15 is 0 Å². The number of methoxy groups -OCH3 is 1. The highest BCUT2D eigenvalue weighted by Gasteiger charge is 2.32. The molecule has 1 aromatic carbocycles. The van der Waals surface area contributed by atoms with Crippen molar-refractivity contribution in [1.29, 1.82) is 0 Å². The van der Waals surface area contributed by atoms with Gasteiger partial charge in [-0.05, 0) is 58.0 Å². The van der Waals surface area contributed by atoms with Crippen molar-refractivity contribution in [3.8, 4) is 5.75 Å². The normalized spacial score (nSPS) is 16.2. The summed E-state index contributed by atoms with van der Waals surface area (Å²) in [5, 5.41) is 14.6. The Balaban J connectivity index is 0.00000117. The minimum Gasteiger partial charge on any atom is -0.497 e. The van der Waals surface area contributed by atoms with Crippen molar-refractivity contribution in [1.82, 2.24) is 10.1 Å². The average molecular weight is 362 g/mol. The number of nitrogens with zero attached hydrogens (tertiary/aromatic N) is 2. The summed E-state index contributed by atoms with van der Waals surface area (Å²) in [7, 11) is 1.65. The zero-order chi connectivity index (χ0) is 19.3. The van der Waals surface area contributed by atoms with Gasteiger partial charge in [0, 0.05) is 17.8 Å². The minimum absolute atomic E-state index is 0.336.